The van der Waals surface area contributed by atoms with Crippen molar-refractivity contribution in [3.8, 4) is 0 Å². The summed E-state index contributed by atoms with van der Waals surface area (Å²) in [4.78, 5) is 23.8. The Hall–Kier alpha value is -2.71. The van der Waals surface area contributed by atoms with Gasteiger partial charge in [0.05, 0.1) is 4.90 Å². The molecule has 2 aromatic carbocycles. The van der Waals surface area contributed by atoms with Crippen LogP contribution in [0.4, 0.5) is 5.69 Å². The maximum Gasteiger partial charge on any atom is 0.267 e. The van der Waals surface area contributed by atoms with E-state index in [2.05, 4.69) is 10.0 Å². The third kappa shape index (κ3) is 3.76. The summed E-state index contributed by atoms with van der Waals surface area (Å²) in [6.45, 7) is 0. The van der Waals surface area contributed by atoms with E-state index in [1.54, 1.807) is 30.3 Å². The van der Waals surface area contributed by atoms with Crippen LogP contribution in [0.15, 0.2) is 53.4 Å². The van der Waals surface area contributed by atoms with Crippen LogP contribution in [0.25, 0.3) is 0 Å². The average molecular weight is 374 g/mol. The number of hydrogen-bond acceptors (Lipinski definition) is 5. The first-order valence-corrected chi connectivity index (χ1v) is 9.46. The van der Waals surface area contributed by atoms with E-state index in [-0.39, 0.29) is 10.8 Å². The summed E-state index contributed by atoms with van der Waals surface area (Å²) in [7, 11) is -2.72. The van der Waals surface area contributed by atoms with Crippen LogP contribution in [0.5, 0.6) is 0 Å². The van der Waals surface area contributed by atoms with Crippen molar-refractivity contribution in [1.82, 2.24) is 4.72 Å². The molecule has 2 N–H and O–H groups in total. The molecule has 0 spiro atoms. The van der Waals surface area contributed by atoms with Crippen molar-refractivity contribution in [2.24, 2.45) is 0 Å². The maximum absolute atomic E-state index is 12.6. The number of nitrogens with one attached hydrogen (secondary N) is 2. The summed E-state index contributed by atoms with van der Waals surface area (Å²) in [5, 5.41) is 2.69. The Morgan fingerprint density at radius 3 is 2.58 bits per heavy atom. The third-order valence-corrected chi connectivity index (χ3v) is 5.44. The minimum absolute atomic E-state index is 0.0383. The van der Waals surface area contributed by atoms with Crippen LogP contribution in [0.3, 0.4) is 0 Å². The zero-order chi connectivity index (χ0) is 18.7. The van der Waals surface area contributed by atoms with E-state index in [0.717, 1.165) is 0 Å². The molecule has 136 valence electrons. The average Bonchev–Trinajstić information content (AvgIpc) is 2.62. The van der Waals surface area contributed by atoms with Crippen molar-refractivity contribution >= 4 is 27.5 Å². The van der Waals surface area contributed by atoms with E-state index in [4.69, 9.17) is 4.74 Å². The summed E-state index contributed by atoms with van der Waals surface area (Å²) in [5.41, 5.74) is 1.85. The van der Waals surface area contributed by atoms with Crippen LogP contribution >= 0.6 is 0 Å². The van der Waals surface area contributed by atoms with Gasteiger partial charge in [-0.05, 0) is 35.7 Å². The molecule has 0 radical (unpaired) electrons. The van der Waals surface area contributed by atoms with E-state index in [1.807, 2.05) is 0 Å². The molecule has 3 rings (SSSR count). The van der Waals surface area contributed by atoms with Crippen LogP contribution in [-0.4, -0.2) is 27.3 Å². The highest BCUT2D eigenvalue weighted by Crippen LogP contribution is 2.26. The van der Waals surface area contributed by atoms with Gasteiger partial charge in [-0.15, -0.1) is 0 Å². The van der Waals surface area contributed by atoms with E-state index >= 15 is 0 Å². The molecule has 2 aromatic rings. The summed E-state index contributed by atoms with van der Waals surface area (Å²) >= 11 is 0. The monoisotopic (exact) mass is 374 g/mol. The van der Waals surface area contributed by atoms with Crippen molar-refractivity contribution in [2.45, 2.75) is 23.8 Å². The third-order valence-electron chi connectivity index (χ3n) is 4.09. The molecule has 0 bridgehead atoms. The second kappa shape index (κ2) is 7.27. The fourth-order valence-corrected chi connectivity index (χ4v) is 3.83. The number of hydrogen-bond donors (Lipinski definition) is 2. The molecule has 1 aliphatic rings. The van der Waals surface area contributed by atoms with Crippen molar-refractivity contribution in [3.63, 3.8) is 0 Å². The Kier molecular flexibility index (Phi) is 5.06. The molecule has 1 atom stereocenters. The first-order valence-electron chi connectivity index (χ1n) is 7.98. The van der Waals surface area contributed by atoms with Gasteiger partial charge in [0.2, 0.25) is 5.91 Å². The molecule has 1 aliphatic heterocycles. The summed E-state index contributed by atoms with van der Waals surface area (Å²) in [6.07, 6.45) is -0.297. The van der Waals surface area contributed by atoms with E-state index in [9.17, 15) is 18.0 Å². The smallest absolute Gasteiger partial charge is 0.267 e. The molecule has 8 heteroatoms. The molecule has 7 nitrogen and oxygen atoms in total. The number of carbonyl (C=O) groups is 2. The Morgan fingerprint density at radius 2 is 1.88 bits per heavy atom. The first kappa shape index (κ1) is 18.1. The lowest BCUT2D eigenvalue weighted by Gasteiger charge is -2.19. The van der Waals surface area contributed by atoms with Crippen LogP contribution in [0.1, 0.15) is 23.7 Å². The molecule has 0 unspecified atom stereocenters. The highest BCUT2D eigenvalue weighted by Gasteiger charge is 2.27. The molecule has 0 fully saturated rings. The second-order valence-corrected chi connectivity index (χ2v) is 7.55. The number of carbonyl (C=O) groups excluding carboxylic acids is 2. The predicted octanol–water partition coefficient (Wildman–Crippen LogP) is 1.76. The molecular weight excluding hydrogens is 356 g/mol. The number of fused-ring (bicyclic) bond motifs is 1. The molecule has 1 heterocycles. The number of amides is 2. The molecule has 2 amide bonds. The van der Waals surface area contributed by atoms with E-state index < -0.39 is 22.0 Å². The Morgan fingerprint density at radius 1 is 1.15 bits per heavy atom. The lowest BCUT2D eigenvalue weighted by Crippen LogP contribution is -2.35. The van der Waals surface area contributed by atoms with Crippen LogP contribution in [0, 0.1) is 0 Å². The SMILES string of the molecule is CO[C@@H](C(=O)NS(=O)(=O)c1ccc2c(c1)CCC(=O)N2)c1ccccc1. The zero-order valence-corrected chi connectivity index (χ0v) is 14.9. The largest absolute Gasteiger partial charge is 0.367 e. The van der Waals surface area contributed by atoms with Gasteiger partial charge in [-0.2, -0.15) is 0 Å². The van der Waals surface area contributed by atoms with Gasteiger partial charge in [-0.25, -0.2) is 13.1 Å². The van der Waals surface area contributed by atoms with Crippen molar-refractivity contribution < 1.29 is 22.7 Å². The van der Waals surface area contributed by atoms with E-state index in [0.29, 0.717) is 29.7 Å². The van der Waals surface area contributed by atoms with Crippen molar-refractivity contribution in [3.05, 3.63) is 59.7 Å². The Bertz CT molecular complexity index is 941. The normalized spacial score (nSPS) is 14.9. The number of anilines is 1. The van der Waals surface area contributed by atoms with Crippen molar-refractivity contribution in [1.29, 1.82) is 0 Å². The van der Waals surface area contributed by atoms with Gasteiger partial charge in [0.1, 0.15) is 0 Å². The molecule has 0 aliphatic carbocycles. The zero-order valence-electron chi connectivity index (χ0n) is 14.1. The van der Waals surface area contributed by atoms with Crippen LogP contribution in [0.2, 0.25) is 0 Å². The number of aryl methyl sites for hydroxylation is 1. The fourth-order valence-electron chi connectivity index (χ4n) is 2.79. The van der Waals surface area contributed by atoms with Crippen molar-refractivity contribution in [2.75, 3.05) is 12.4 Å². The summed E-state index contributed by atoms with van der Waals surface area (Å²) < 4.78 is 32.4. The molecule has 0 saturated heterocycles. The number of rotatable bonds is 5. The summed E-state index contributed by atoms with van der Waals surface area (Å²) in [5.74, 6) is -0.878. The minimum Gasteiger partial charge on any atom is -0.367 e. The maximum atomic E-state index is 12.6. The minimum atomic E-state index is -4.06. The number of ether oxygens (including phenoxy) is 1. The van der Waals surface area contributed by atoms with Gasteiger partial charge in [0.15, 0.2) is 6.10 Å². The molecule has 0 saturated carbocycles. The number of benzene rings is 2. The van der Waals surface area contributed by atoms with Gasteiger partial charge < -0.3 is 10.1 Å². The van der Waals surface area contributed by atoms with Gasteiger partial charge in [0, 0.05) is 19.2 Å². The fraction of sp³-hybridized carbons (Fsp3) is 0.222. The van der Waals surface area contributed by atoms with Gasteiger partial charge >= 0.3 is 0 Å². The standard InChI is InChI=1S/C18H18N2O5S/c1-25-17(12-5-3-2-4-6-12)18(22)20-26(23,24)14-8-9-15-13(11-14)7-10-16(21)19-15/h2-6,8-9,11,17H,7,10H2,1H3,(H,19,21)(H,20,22)/t17-/m1/s1. The first-order chi connectivity index (χ1) is 12.4. The lowest BCUT2D eigenvalue weighted by atomic mass is 10.0. The quantitative estimate of drug-likeness (QED) is 0.830. The Labute approximate surface area is 151 Å². The summed E-state index contributed by atoms with van der Waals surface area (Å²) in [6, 6.07) is 13.0. The molecule has 26 heavy (non-hydrogen) atoms. The lowest BCUT2D eigenvalue weighted by molar-refractivity contribution is -0.129. The van der Waals surface area contributed by atoms with Crippen LogP contribution < -0.4 is 10.0 Å². The van der Waals surface area contributed by atoms with E-state index in [1.165, 1.54) is 25.3 Å². The second-order valence-electron chi connectivity index (χ2n) is 5.86. The number of methoxy groups -OCH3 is 1. The molecule has 0 aromatic heterocycles. The topological polar surface area (TPSA) is 102 Å². The number of sulfonamides is 1. The molecular formula is C18H18N2O5S. The predicted molar refractivity (Wildman–Crippen MR) is 94.9 cm³/mol. The van der Waals surface area contributed by atoms with Gasteiger partial charge in [-0.1, -0.05) is 30.3 Å². The Balaban J connectivity index is 1.82. The highest BCUT2D eigenvalue weighted by molar-refractivity contribution is 7.90. The van der Waals surface area contributed by atoms with Gasteiger partial charge in [-0.3, -0.25) is 9.59 Å². The highest BCUT2D eigenvalue weighted by atomic mass is 32.2. The van der Waals surface area contributed by atoms with Crippen LogP contribution in [-0.2, 0) is 30.8 Å². The van der Waals surface area contributed by atoms with Gasteiger partial charge in [0.25, 0.3) is 15.9 Å².